The molecular formula is C23H28BrNO5. The smallest absolute Gasteiger partial charge is 0.338 e. The number of rotatable bonds is 10. The molecule has 0 aliphatic carbocycles. The molecule has 0 saturated heterocycles. The van der Waals surface area contributed by atoms with E-state index < -0.39 is 5.97 Å². The Morgan fingerprint density at radius 3 is 2.30 bits per heavy atom. The van der Waals surface area contributed by atoms with E-state index in [2.05, 4.69) is 21.2 Å². The van der Waals surface area contributed by atoms with Gasteiger partial charge in [-0.05, 0) is 58.5 Å². The molecule has 0 aromatic heterocycles. The van der Waals surface area contributed by atoms with Gasteiger partial charge < -0.3 is 19.5 Å². The third-order valence-electron chi connectivity index (χ3n) is 4.51. The van der Waals surface area contributed by atoms with Crippen molar-refractivity contribution in [1.82, 2.24) is 0 Å². The lowest BCUT2D eigenvalue weighted by atomic mass is 10.0. The molecule has 0 unspecified atom stereocenters. The van der Waals surface area contributed by atoms with E-state index in [0.29, 0.717) is 22.6 Å². The monoisotopic (exact) mass is 477 g/mol. The number of esters is 1. The summed E-state index contributed by atoms with van der Waals surface area (Å²) in [6.45, 7) is 6.21. The fourth-order valence-electron chi connectivity index (χ4n) is 2.97. The molecule has 0 heterocycles. The van der Waals surface area contributed by atoms with E-state index in [9.17, 15) is 9.59 Å². The summed E-state index contributed by atoms with van der Waals surface area (Å²) in [6, 6.07) is 9.07. The molecule has 162 valence electrons. The summed E-state index contributed by atoms with van der Waals surface area (Å²) in [5, 5.41) is 2.88. The summed E-state index contributed by atoms with van der Waals surface area (Å²) < 4.78 is 16.8. The number of methoxy groups -OCH3 is 1. The minimum atomic E-state index is -0.620. The van der Waals surface area contributed by atoms with Crippen LogP contribution in [0.15, 0.2) is 34.8 Å². The maximum atomic E-state index is 12.5. The van der Waals surface area contributed by atoms with Crippen LogP contribution in [-0.2, 0) is 22.4 Å². The molecule has 0 aliphatic rings. The van der Waals surface area contributed by atoms with Gasteiger partial charge in [0.15, 0.2) is 18.1 Å². The van der Waals surface area contributed by atoms with E-state index in [4.69, 9.17) is 14.2 Å². The van der Waals surface area contributed by atoms with Gasteiger partial charge in [0.25, 0.3) is 5.91 Å². The topological polar surface area (TPSA) is 73.9 Å². The molecule has 6 nitrogen and oxygen atoms in total. The van der Waals surface area contributed by atoms with Gasteiger partial charge in [-0.1, -0.05) is 39.0 Å². The summed E-state index contributed by atoms with van der Waals surface area (Å²) in [5.74, 6) is -0.0610. The van der Waals surface area contributed by atoms with Crippen LogP contribution in [0.4, 0.5) is 5.69 Å². The van der Waals surface area contributed by atoms with Crippen LogP contribution in [0.2, 0.25) is 0 Å². The Labute approximate surface area is 186 Å². The number of halogens is 1. The van der Waals surface area contributed by atoms with Gasteiger partial charge >= 0.3 is 5.97 Å². The summed E-state index contributed by atoms with van der Waals surface area (Å²) in [4.78, 5) is 24.9. The number of hydrogen-bond acceptors (Lipinski definition) is 5. The van der Waals surface area contributed by atoms with Gasteiger partial charge in [-0.15, -0.1) is 0 Å². The molecule has 0 fully saturated rings. The maximum Gasteiger partial charge on any atom is 0.338 e. The first-order valence-electron chi connectivity index (χ1n) is 10.0. The molecule has 7 heteroatoms. The minimum Gasteiger partial charge on any atom is -0.493 e. The Bertz CT molecular complexity index is 875. The van der Waals surface area contributed by atoms with Crippen LogP contribution < -0.4 is 14.8 Å². The summed E-state index contributed by atoms with van der Waals surface area (Å²) in [6.07, 6.45) is 2.43. The molecular weight excluding hydrogens is 450 g/mol. The normalized spacial score (nSPS) is 10.4. The molecule has 0 atom stereocenters. The number of hydrogen-bond donors (Lipinski definition) is 1. The maximum absolute atomic E-state index is 12.5. The van der Waals surface area contributed by atoms with Gasteiger partial charge in [-0.3, -0.25) is 4.79 Å². The number of carbonyl (C=O) groups excluding carboxylic acids is 2. The predicted molar refractivity (Wildman–Crippen MR) is 121 cm³/mol. The van der Waals surface area contributed by atoms with Crippen molar-refractivity contribution < 1.29 is 23.8 Å². The first-order valence-corrected chi connectivity index (χ1v) is 10.8. The Balaban J connectivity index is 2.07. The molecule has 2 aromatic rings. The highest BCUT2D eigenvalue weighted by molar-refractivity contribution is 9.10. The van der Waals surface area contributed by atoms with Crippen molar-refractivity contribution in [1.29, 1.82) is 0 Å². The van der Waals surface area contributed by atoms with Crippen molar-refractivity contribution in [3.05, 3.63) is 51.5 Å². The molecule has 1 N–H and O–H groups in total. The fraction of sp³-hybridized carbons (Fsp3) is 0.391. The Kier molecular flexibility index (Phi) is 9.17. The average molecular weight is 478 g/mol. The van der Waals surface area contributed by atoms with Crippen molar-refractivity contribution >= 4 is 33.5 Å². The largest absolute Gasteiger partial charge is 0.493 e. The number of para-hydroxylation sites is 1. The second kappa shape index (κ2) is 11.6. The van der Waals surface area contributed by atoms with Crippen molar-refractivity contribution in [2.24, 2.45) is 0 Å². The van der Waals surface area contributed by atoms with Crippen molar-refractivity contribution in [3.63, 3.8) is 0 Å². The minimum absolute atomic E-state index is 0.263. The average Bonchev–Trinajstić information content (AvgIpc) is 2.76. The van der Waals surface area contributed by atoms with Crippen molar-refractivity contribution in [2.45, 2.75) is 40.0 Å². The van der Waals surface area contributed by atoms with Gasteiger partial charge in [-0.25, -0.2) is 4.79 Å². The SMILES string of the molecule is CCCOc1c(Br)cc(C(=O)OCC(=O)Nc2c(CC)cccc2CC)cc1OC. The van der Waals surface area contributed by atoms with Crippen LogP contribution in [-0.4, -0.2) is 32.2 Å². The summed E-state index contributed by atoms with van der Waals surface area (Å²) >= 11 is 3.40. The third-order valence-corrected chi connectivity index (χ3v) is 5.10. The zero-order chi connectivity index (χ0) is 22.1. The van der Waals surface area contributed by atoms with E-state index in [1.807, 2.05) is 39.0 Å². The number of carbonyl (C=O) groups is 2. The molecule has 1 amide bonds. The number of anilines is 1. The van der Waals surface area contributed by atoms with E-state index in [-0.39, 0.29) is 18.1 Å². The Hall–Kier alpha value is -2.54. The van der Waals surface area contributed by atoms with Crippen molar-refractivity contribution in [3.8, 4) is 11.5 Å². The van der Waals surface area contributed by atoms with Gasteiger partial charge in [0.05, 0.1) is 23.8 Å². The number of nitrogens with one attached hydrogen (secondary N) is 1. The zero-order valence-corrected chi connectivity index (χ0v) is 19.4. The molecule has 0 aliphatic heterocycles. The van der Waals surface area contributed by atoms with Gasteiger partial charge in [0, 0.05) is 5.69 Å². The number of ether oxygens (including phenoxy) is 3. The van der Waals surface area contributed by atoms with Crippen LogP contribution in [0, 0.1) is 0 Å². The lowest BCUT2D eigenvalue weighted by Crippen LogP contribution is -2.22. The number of amides is 1. The van der Waals surface area contributed by atoms with Crippen molar-refractivity contribution in [2.75, 3.05) is 25.6 Å². The molecule has 2 rings (SSSR count). The predicted octanol–water partition coefficient (Wildman–Crippen LogP) is 5.17. The molecule has 0 bridgehead atoms. The van der Waals surface area contributed by atoms with Gasteiger partial charge in [0.1, 0.15) is 0 Å². The second-order valence-corrected chi connectivity index (χ2v) is 7.47. The highest BCUT2D eigenvalue weighted by atomic mass is 79.9. The van der Waals surface area contributed by atoms with Crippen LogP contribution >= 0.6 is 15.9 Å². The highest BCUT2D eigenvalue weighted by Gasteiger charge is 2.18. The Morgan fingerprint density at radius 1 is 1.07 bits per heavy atom. The van der Waals surface area contributed by atoms with Crippen LogP contribution in [0.1, 0.15) is 48.7 Å². The van der Waals surface area contributed by atoms with Gasteiger partial charge in [0.2, 0.25) is 0 Å². The molecule has 0 saturated carbocycles. The third kappa shape index (κ3) is 5.98. The van der Waals surface area contributed by atoms with E-state index >= 15 is 0 Å². The first kappa shape index (κ1) is 23.7. The standard InChI is InChI=1S/C23H28BrNO5/c1-5-11-29-22-18(24)12-17(13-19(22)28-4)23(27)30-14-20(26)25-21-15(6-2)9-8-10-16(21)7-3/h8-10,12-13H,5-7,11,14H2,1-4H3,(H,25,26). The van der Waals surface area contributed by atoms with E-state index in [0.717, 1.165) is 36.1 Å². The lowest BCUT2D eigenvalue weighted by Gasteiger charge is -2.15. The van der Waals surface area contributed by atoms with Crippen LogP contribution in [0.25, 0.3) is 0 Å². The first-order chi connectivity index (χ1) is 14.4. The number of benzene rings is 2. The molecule has 0 radical (unpaired) electrons. The second-order valence-electron chi connectivity index (χ2n) is 6.62. The summed E-state index contributed by atoms with van der Waals surface area (Å²) in [5.41, 5.74) is 3.15. The summed E-state index contributed by atoms with van der Waals surface area (Å²) in [7, 11) is 1.50. The van der Waals surface area contributed by atoms with E-state index in [1.165, 1.54) is 13.2 Å². The zero-order valence-electron chi connectivity index (χ0n) is 17.8. The lowest BCUT2D eigenvalue weighted by molar-refractivity contribution is -0.119. The fourth-order valence-corrected chi connectivity index (χ4v) is 3.53. The molecule has 2 aromatic carbocycles. The van der Waals surface area contributed by atoms with Crippen LogP contribution in [0.5, 0.6) is 11.5 Å². The number of aryl methyl sites for hydroxylation is 2. The Morgan fingerprint density at radius 2 is 1.73 bits per heavy atom. The molecule has 30 heavy (non-hydrogen) atoms. The quantitative estimate of drug-likeness (QED) is 0.477. The molecule has 0 spiro atoms. The highest BCUT2D eigenvalue weighted by Crippen LogP contribution is 2.37. The van der Waals surface area contributed by atoms with Gasteiger partial charge in [-0.2, -0.15) is 0 Å². The van der Waals surface area contributed by atoms with E-state index in [1.54, 1.807) is 6.07 Å². The van der Waals surface area contributed by atoms with Crippen LogP contribution in [0.3, 0.4) is 0 Å².